The number of carbonyl (C=O) groups excluding carboxylic acids is 1. The summed E-state index contributed by atoms with van der Waals surface area (Å²) in [7, 11) is 0. The number of nitrogens with zero attached hydrogens (tertiary/aromatic N) is 1. The first-order valence-corrected chi connectivity index (χ1v) is 15.3. The van der Waals surface area contributed by atoms with Gasteiger partial charge in [-0.25, -0.2) is 4.79 Å². The average molecular weight is 561 g/mol. The number of aryl methyl sites for hydroxylation is 3. The number of esters is 1. The molecule has 2 heterocycles. The molecular formula is C37H40N2O3. The fourth-order valence-corrected chi connectivity index (χ4v) is 6.35. The maximum atomic E-state index is 13.4. The van der Waals surface area contributed by atoms with E-state index in [9.17, 15) is 4.79 Å². The molecule has 0 amide bonds. The molecule has 0 aliphatic carbocycles. The molecule has 6 rings (SSSR count). The summed E-state index contributed by atoms with van der Waals surface area (Å²) in [6.07, 6.45) is 4.55. The van der Waals surface area contributed by atoms with E-state index in [0.29, 0.717) is 11.3 Å². The monoisotopic (exact) mass is 560 g/mol. The van der Waals surface area contributed by atoms with E-state index in [1.807, 2.05) is 24.3 Å². The van der Waals surface area contributed by atoms with E-state index in [-0.39, 0.29) is 5.97 Å². The lowest BCUT2D eigenvalue weighted by Gasteiger charge is -2.38. The van der Waals surface area contributed by atoms with Crippen LogP contribution in [0, 0.1) is 20.8 Å². The standard InChI is InChI=1S/C37H40N2O3/c1-6-8-19-39(20-9-7-2)27-17-18-30-34(22-27)41-33-21-26(5)32(38-35-24(3)13-12-14-25(35)4)23-31(33)37(30)29-16-11-10-15-28(29)36(40)42-37/h10-18,21-23,38H,6-9,19-20H2,1-5H3. The van der Waals surface area contributed by atoms with E-state index >= 15 is 0 Å². The van der Waals surface area contributed by atoms with Gasteiger partial charge in [-0.1, -0.05) is 63.1 Å². The van der Waals surface area contributed by atoms with E-state index in [1.165, 1.54) is 11.1 Å². The van der Waals surface area contributed by atoms with Gasteiger partial charge in [0.1, 0.15) is 11.5 Å². The van der Waals surface area contributed by atoms with Gasteiger partial charge >= 0.3 is 5.97 Å². The van der Waals surface area contributed by atoms with Crippen molar-refractivity contribution >= 4 is 23.0 Å². The normalized spacial score (nSPS) is 16.4. The Labute approximate surface area is 249 Å². The van der Waals surface area contributed by atoms with Crippen molar-refractivity contribution in [2.24, 2.45) is 0 Å². The van der Waals surface area contributed by atoms with E-state index in [1.54, 1.807) is 0 Å². The zero-order valence-electron chi connectivity index (χ0n) is 25.3. The highest BCUT2D eigenvalue weighted by Crippen LogP contribution is 2.57. The lowest BCUT2D eigenvalue weighted by Crippen LogP contribution is -2.33. The summed E-state index contributed by atoms with van der Waals surface area (Å²) >= 11 is 0. The van der Waals surface area contributed by atoms with Crippen molar-refractivity contribution in [2.45, 2.75) is 65.9 Å². The van der Waals surface area contributed by atoms with Crippen molar-refractivity contribution in [1.29, 1.82) is 0 Å². The van der Waals surface area contributed by atoms with Gasteiger partial charge in [-0.15, -0.1) is 0 Å². The van der Waals surface area contributed by atoms with Crippen LogP contribution in [0.3, 0.4) is 0 Å². The molecule has 0 saturated heterocycles. The highest BCUT2D eigenvalue weighted by Gasteiger charge is 2.53. The average Bonchev–Trinajstić information content (AvgIpc) is 3.28. The number of ether oxygens (including phenoxy) is 2. The molecule has 2 aliphatic rings. The zero-order valence-corrected chi connectivity index (χ0v) is 25.3. The molecule has 4 aromatic rings. The first-order chi connectivity index (χ1) is 20.4. The highest BCUT2D eigenvalue weighted by molar-refractivity contribution is 5.97. The minimum atomic E-state index is -1.10. The largest absolute Gasteiger partial charge is 0.456 e. The summed E-state index contributed by atoms with van der Waals surface area (Å²) in [5.41, 5.74) is 8.60. The van der Waals surface area contributed by atoms with E-state index in [0.717, 1.165) is 83.8 Å². The summed E-state index contributed by atoms with van der Waals surface area (Å²) in [6, 6.07) is 24.6. The molecule has 5 nitrogen and oxygen atoms in total. The second-order valence-corrected chi connectivity index (χ2v) is 11.6. The van der Waals surface area contributed by atoms with Crippen molar-refractivity contribution < 1.29 is 14.3 Å². The number of fused-ring (bicyclic) bond motifs is 6. The van der Waals surface area contributed by atoms with Gasteiger partial charge in [0.05, 0.1) is 5.56 Å². The summed E-state index contributed by atoms with van der Waals surface area (Å²) in [4.78, 5) is 15.9. The number of unbranched alkanes of at least 4 members (excludes halogenated alkanes) is 2. The summed E-state index contributed by atoms with van der Waals surface area (Å²) in [6.45, 7) is 12.8. The third kappa shape index (κ3) is 4.61. The first-order valence-electron chi connectivity index (χ1n) is 15.3. The van der Waals surface area contributed by atoms with E-state index < -0.39 is 5.60 Å². The second kappa shape index (κ2) is 11.2. The fourth-order valence-electron chi connectivity index (χ4n) is 6.35. The van der Waals surface area contributed by atoms with Gasteiger partial charge < -0.3 is 19.7 Å². The number of carbonyl (C=O) groups is 1. The Kier molecular flexibility index (Phi) is 7.44. The van der Waals surface area contributed by atoms with Crippen LogP contribution in [-0.2, 0) is 10.3 Å². The Balaban J connectivity index is 1.52. The molecule has 0 saturated carbocycles. The van der Waals surface area contributed by atoms with Crippen LogP contribution in [0.2, 0.25) is 0 Å². The van der Waals surface area contributed by atoms with Gasteiger partial charge in [0.2, 0.25) is 0 Å². The van der Waals surface area contributed by atoms with Gasteiger partial charge in [0.15, 0.2) is 5.60 Å². The second-order valence-electron chi connectivity index (χ2n) is 11.6. The SMILES string of the molecule is CCCCN(CCCC)c1ccc2c(c1)Oc1cc(C)c(Nc3c(C)cccc3C)cc1C21OC(=O)c2ccccc21. The van der Waals surface area contributed by atoms with Crippen LogP contribution in [0.5, 0.6) is 11.5 Å². The lowest BCUT2D eigenvalue weighted by atomic mass is 9.77. The molecule has 1 unspecified atom stereocenters. The van der Waals surface area contributed by atoms with Crippen LogP contribution in [0.15, 0.2) is 72.8 Å². The summed E-state index contributed by atoms with van der Waals surface area (Å²) < 4.78 is 13.2. The summed E-state index contributed by atoms with van der Waals surface area (Å²) in [5, 5.41) is 3.68. The van der Waals surface area contributed by atoms with Crippen LogP contribution in [0.1, 0.15) is 83.3 Å². The van der Waals surface area contributed by atoms with Gasteiger partial charge in [-0.05, 0) is 80.6 Å². The number of hydrogen-bond donors (Lipinski definition) is 1. The molecule has 42 heavy (non-hydrogen) atoms. The number of benzene rings is 4. The number of anilines is 3. The van der Waals surface area contributed by atoms with Crippen LogP contribution in [0.4, 0.5) is 17.1 Å². The Morgan fingerprint density at radius 2 is 1.43 bits per heavy atom. The Bertz CT molecular complexity index is 1630. The van der Waals surface area contributed by atoms with Crippen molar-refractivity contribution in [1.82, 2.24) is 0 Å². The number of hydrogen-bond acceptors (Lipinski definition) is 5. The number of rotatable bonds is 9. The molecule has 216 valence electrons. The molecule has 1 atom stereocenters. The molecular weight excluding hydrogens is 520 g/mol. The van der Waals surface area contributed by atoms with Gasteiger partial charge in [0.25, 0.3) is 0 Å². The Morgan fingerprint density at radius 3 is 2.14 bits per heavy atom. The minimum Gasteiger partial charge on any atom is -0.456 e. The molecule has 5 heteroatoms. The number of nitrogens with one attached hydrogen (secondary N) is 1. The van der Waals surface area contributed by atoms with Crippen molar-refractivity contribution in [2.75, 3.05) is 23.3 Å². The molecule has 1 spiro atoms. The highest BCUT2D eigenvalue weighted by atomic mass is 16.6. The van der Waals surface area contributed by atoms with Crippen LogP contribution in [0.25, 0.3) is 0 Å². The third-order valence-corrected chi connectivity index (χ3v) is 8.71. The van der Waals surface area contributed by atoms with Crippen LogP contribution in [-0.4, -0.2) is 19.1 Å². The molecule has 0 radical (unpaired) electrons. The van der Waals surface area contributed by atoms with Crippen LogP contribution >= 0.6 is 0 Å². The van der Waals surface area contributed by atoms with E-state index in [4.69, 9.17) is 9.47 Å². The van der Waals surface area contributed by atoms with Crippen molar-refractivity contribution in [3.63, 3.8) is 0 Å². The molecule has 0 aromatic heterocycles. The van der Waals surface area contributed by atoms with E-state index in [2.05, 4.69) is 93.4 Å². The topological polar surface area (TPSA) is 50.8 Å². The molecule has 0 bridgehead atoms. The van der Waals surface area contributed by atoms with Crippen molar-refractivity contribution in [3.05, 3.63) is 112 Å². The fraction of sp³-hybridized carbons (Fsp3) is 0.324. The third-order valence-electron chi connectivity index (χ3n) is 8.71. The summed E-state index contributed by atoms with van der Waals surface area (Å²) in [5.74, 6) is 1.13. The van der Waals surface area contributed by atoms with Gasteiger partial charge in [0, 0.05) is 52.9 Å². The van der Waals surface area contributed by atoms with Crippen LogP contribution < -0.4 is 15.0 Å². The predicted octanol–water partition coefficient (Wildman–Crippen LogP) is 9.33. The van der Waals surface area contributed by atoms with Gasteiger partial charge in [-0.2, -0.15) is 0 Å². The molecule has 4 aromatic carbocycles. The first kappa shape index (κ1) is 27.9. The maximum absolute atomic E-state index is 13.4. The number of para-hydroxylation sites is 1. The minimum absolute atomic E-state index is 0.314. The van der Waals surface area contributed by atoms with Gasteiger partial charge in [-0.3, -0.25) is 0 Å². The maximum Gasteiger partial charge on any atom is 0.340 e. The molecule has 2 aliphatic heterocycles. The lowest BCUT2D eigenvalue weighted by molar-refractivity contribution is 0.0224. The smallest absolute Gasteiger partial charge is 0.340 e. The Hall–Kier alpha value is -4.25. The van der Waals surface area contributed by atoms with Crippen molar-refractivity contribution in [3.8, 4) is 11.5 Å². The zero-order chi connectivity index (χ0) is 29.4. The predicted molar refractivity (Wildman–Crippen MR) is 171 cm³/mol. The Morgan fingerprint density at radius 1 is 0.738 bits per heavy atom. The molecule has 1 N–H and O–H groups in total. The quantitative estimate of drug-likeness (QED) is 0.207. The molecule has 0 fully saturated rings.